The van der Waals surface area contributed by atoms with Gasteiger partial charge in [-0.1, -0.05) is 0 Å². The molecule has 1 heterocycles. The summed E-state index contributed by atoms with van der Waals surface area (Å²) in [6.45, 7) is -5.19. The van der Waals surface area contributed by atoms with E-state index in [-0.39, 0.29) is 0 Å². The predicted octanol–water partition coefficient (Wildman–Crippen LogP) is 1.21. The average molecular weight is 160 g/mol. The maximum Gasteiger partial charge on any atom is 0.545 e. The maximum atomic E-state index is 11.9. The third-order valence-electron chi connectivity index (χ3n) is 1.11. The Morgan fingerprint density at radius 1 is 1.45 bits per heavy atom. The highest BCUT2D eigenvalue weighted by molar-refractivity contribution is 6.72. The molecule has 2 nitrogen and oxygen atoms in total. The summed E-state index contributed by atoms with van der Waals surface area (Å²) in [6.07, 6.45) is 0.850. The lowest BCUT2D eigenvalue weighted by Crippen LogP contribution is -2.34. The average Bonchev–Trinajstić information content (AvgIpc) is 2.31. The van der Waals surface area contributed by atoms with Crippen LogP contribution < -0.4 is 5.66 Å². The first-order valence-corrected chi connectivity index (χ1v) is 2.73. The van der Waals surface area contributed by atoms with E-state index >= 15 is 0 Å². The van der Waals surface area contributed by atoms with Gasteiger partial charge >= 0.3 is 6.98 Å². The molecule has 0 aliphatic carbocycles. The summed E-state index contributed by atoms with van der Waals surface area (Å²) in [4.78, 5) is 0. The van der Waals surface area contributed by atoms with Gasteiger partial charge in [0.25, 0.3) is 0 Å². The lowest BCUT2D eigenvalue weighted by Gasteiger charge is -2.09. The summed E-state index contributed by atoms with van der Waals surface area (Å²) in [5.74, 6) is 0. The van der Waals surface area contributed by atoms with Gasteiger partial charge in [-0.25, -0.2) is 0 Å². The normalized spacial score (nSPS) is 11.1. The van der Waals surface area contributed by atoms with Gasteiger partial charge in [-0.05, 0) is 6.07 Å². The van der Waals surface area contributed by atoms with Crippen molar-refractivity contribution in [2.45, 2.75) is 0 Å². The molecule has 58 valence electrons. The zero-order chi connectivity index (χ0) is 8.48. The van der Waals surface area contributed by atoms with Crippen LogP contribution in [-0.2, 0) is 0 Å². The number of hydrogen-bond donors (Lipinski definition) is 0. The lowest BCUT2D eigenvalue weighted by molar-refractivity contribution is 0.465. The molecule has 0 bridgehead atoms. The van der Waals surface area contributed by atoms with Gasteiger partial charge < -0.3 is 17.4 Å². The van der Waals surface area contributed by atoms with E-state index in [1.165, 1.54) is 6.07 Å². The first-order valence-electron chi connectivity index (χ1n) is 2.73. The fourth-order valence-corrected chi connectivity index (χ4v) is 0.667. The SMILES string of the molecule is N#Cc1ccoc1[B-](F)(F)F. The van der Waals surface area contributed by atoms with Gasteiger partial charge in [0.15, 0.2) is 0 Å². The smallest absolute Gasteiger partial charge is 0.500 e. The zero-order valence-electron chi connectivity index (χ0n) is 5.22. The van der Waals surface area contributed by atoms with Crippen LogP contribution in [0, 0.1) is 11.3 Å². The van der Waals surface area contributed by atoms with Gasteiger partial charge in [-0.15, -0.1) is 0 Å². The summed E-state index contributed by atoms with van der Waals surface area (Å²) in [5.41, 5.74) is -1.63. The van der Waals surface area contributed by atoms with Crippen LogP contribution in [0.1, 0.15) is 5.56 Å². The molecule has 0 amide bonds. The van der Waals surface area contributed by atoms with Gasteiger partial charge in [0.1, 0.15) is 0 Å². The first kappa shape index (κ1) is 7.73. The van der Waals surface area contributed by atoms with E-state index in [4.69, 9.17) is 5.26 Å². The first-order chi connectivity index (χ1) is 5.05. The number of hydrogen-bond acceptors (Lipinski definition) is 2. The highest BCUT2D eigenvalue weighted by Gasteiger charge is 2.32. The van der Waals surface area contributed by atoms with Crippen molar-refractivity contribution in [2.24, 2.45) is 0 Å². The number of nitrogens with zero attached hydrogens (tertiary/aromatic N) is 1. The van der Waals surface area contributed by atoms with Crippen LogP contribution in [0.4, 0.5) is 12.9 Å². The highest BCUT2D eigenvalue weighted by atomic mass is 19.4. The fourth-order valence-electron chi connectivity index (χ4n) is 0.667. The van der Waals surface area contributed by atoms with Crippen LogP contribution in [0.5, 0.6) is 0 Å². The van der Waals surface area contributed by atoms with Crippen LogP contribution >= 0.6 is 0 Å². The Morgan fingerprint density at radius 2 is 2.09 bits per heavy atom. The van der Waals surface area contributed by atoms with Gasteiger partial charge in [-0.2, -0.15) is 5.26 Å². The monoisotopic (exact) mass is 160 g/mol. The molecule has 1 rings (SSSR count). The van der Waals surface area contributed by atoms with Crippen molar-refractivity contribution in [3.63, 3.8) is 0 Å². The van der Waals surface area contributed by atoms with E-state index in [0.29, 0.717) is 0 Å². The topological polar surface area (TPSA) is 36.9 Å². The molecule has 0 aliphatic heterocycles. The van der Waals surface area contributed by atoms with E-state index in [1.54, 1.807) is 0 Å². The number of halogens is 3. The molecular formula is C5H2BF3NO-. The molecule has 1 aromatic heterocycles. The summed E-state index contributed by atoms with van der Waals surface area (Å²) < 4.78 is 39.8. The second-order valence-electron chi connectivity index (χ2n) is 1.89. The minimum atomic E-state index is -5.19. The van der Waals surface area contributed by atoms with Crippen molar-refractivity contribution in [1.82, 2.24) is 0 Å². The minimum Gasteiger partial charge on any atom is -0.500 e. The van der Waals surface area contributed by atoms with Crippen LogP contribution in [0.2, 0.25) is 0 Å². The quantitative estimate of drug-likeness (QED) is 0.578. The van der Waals surface area contributed by atoms with Crippen LogP contribution in [0.3, 0.4) is 0 Å². The standard InChI is InChI=1S/C5H2BF3NO/c7-6(8,9)5-4(3-10)1-2-11-5/h1-2H/q-1. The van der Waals surface area contributed by atoms with Crippen molar-refractivity contribution in [3.8, 4) is 6.07 Å². The second-order valence-corrected chi connectivity index (χ2v) is 1.89. The van der Waals surface area contributed by atoms with Crippen molar-refractivity contribution >= 4 is 12.6 Å². The fraction of sp³-hybridized carbons (Fsp3) is 0. The Balaban J connectivity index is 3.15. The van der Waals surface area contributed by atoms with E-state index < -0.39 is 18.2 Å². The molecule has 0 saturated carbocycles. The van der Waals surface area contributed by atoms with Crippen LogP contribution in [0.25, 0.3) is 0 Å². The number of rotatable bonds is 1. The third kappa shape index (κ3) is 1.37. The Kier molecular flexibility index (Phi) is 1.65. The number of nitriles is 1. The van der Waals surface area contributed by atoms with E-state index in [0.717, 1.165) is 12.3 Å². The zero-order valence-corrected chi connectivity index (χ0v) is 5.22. The van der Waals surface area contributed by atoms with Gasteiger partial charge in [0, 0.05) is 0 Å². The van der Waals surface area contributed by atoms with Crippen molar-refractivity contribution in [2.75, 3.05) is 0 Å². The molecule has 0 N–H and O–H groups in total. The molecule has 1 aromatic rings. The molecule has 0 saturated heterocycles. The molecule has 11 heavy (non-hydrogen) atoms. The summed E-state index contributed by atoms with van der Waals surface area (Å²) in [5, 5.41) is 8.17. The molecule has 0 aromatic carbocycles. The Morgan fingerprint density at radius 3 is 2.45 bits per heavy atom. The molecule has 0 radical (unpaired) electrons. The summed E-state index contributed by atoms with van der Waals surface area (Å²) >= 11 is 0. The minimum absolute atomic E-state index is 0.461. The van der Waals surface area contributed by atoms with Gasteiger partial charge in [0.05, 0.1) is 23.6 Å². The van der Waals surface area contributed by atoms with Gasteiger partial charge in [0.2, 0.25) is 0 Å². The number of furan rings is 1. The van der Waals surface area contributed by atoms with Crippen LogP contribution in [-0.4, -0.2) is 6.98 Å². The molecule has 0 atom stereocenters. The molecule has 0 spiro atoms. The highest BCUT2D eigenvalue weighted by Crippen LogP contribution is 2.11. The Labute approximate surface area is 60.3 Å². The second kappa shape index (κ2) is 2.34. The lowest BCUT2D eigenvalue weighted by atomic mass is 9.85. The molecule has 0 fully saturated rings. The van der Waals surface area contributed by atoms with E-state index in [2.05, 4.69) is 4.42 Å². The Hall–Kier alpha value is -1.38. The molecule has 0 unspecified atom stereocenters. The van der Waals surface area contributed by atoms with E-state index in [9.17, 15) is 12.9 Å². The predicted molar refractivity (Wildman–Crippen MR) is 32.1 cm³/mol. The maximum absolute atomic E-state index is 11.9. The molecule has 0 aliphatic rings. The van der Waals surface area contributed by atoms with Crippen molar-refractivity contribution < 1.29 is 17.4 Å². The van der Waals surface area contributed by atoms with Crippen molar-refractivity contribution in [3.05, 3.63) is 17.9 Å². The largest absolute Gasteiger partial charge is 0.545 e. The van der Waals surface area contributed by atoms with Crippen molar-refractivity contribution in [1.29, 1.82) is 5.26 Å². The molecule has 6 heteroatoms. The summed E-state index contributed by atoms with van der Waals surface area (Å²) in [6, 6.07) is 2.37. The van der Waals surface area contributed by atoms with E-state index in [1.807, 2.05) is 0 Å². The molecular weight excluding hydrogens is 158 g/mol. The Bertz CT molecular complexity index is 297. The third-order valence-corrected chi connectivity index (χ3v) is 1.11. The summed E-state index contributed by atoms with van der Waals surface area (Å²) in [7, 11) is 0. The van der Waals surface area contributed by atoms with Gasteiger partial charge in [-0.3, -0.25) is 0 Å². The van der Waals surface area contributed by atoms with Crippen LogP contribution in [0.15, 0.2) is 16.7 Å².